The number of nitrogens with one attached hydrogen (secondary N) is 1. The minimum Gasteiger partial charge on any atom is -0.495 e. The molecular formula is C17H13Cl3N4O2S. The van der Waals surface area contributed by atoms with Gasteiger partial charge in [0.05, 0.1) is 34.3 Å². The molecule has 0 aliphatic heterocycles. The Morgan fingerprint density at radius 3 is 2.63 bits per heavy atom. The highest BCUT2D eigenvalue weighted by Gasteiger charge is 2.15. The summed E-state index contributed by atoms with van der Waals surface area (Å²) in [6.45, 7) is 0. The first kappa shape index (κ1) is 19.8. The van der Waals surface area contributed by atoms with Crippen LogP contribution in [0.4, 0.5) is 5.69 Å². The summed E-state index contributed by atoms with van der Waals surface area (Å²) in [5, 5.41) is 12.1. The number of halogens is 3. The van der Waals surface area contributed by atoms with Crippen molar-refractivity contribution in [1.82, 2.24) is 14.8 Å². The van der Waals surface area contributed by atoms with E-state index in [4.69, 9.17) is 39.5 Å². The monoisotopic (exact) mass is 442 g/mol. The van der Waals surface area contributed by atoms with Gasteiger partial charge in [0.25, 0.3) is 0 Å². The fourth-order valence-electron chi connectivity index (χ4n) is 2.28. The van der Waals surface area contributed by atoms with Gasteiger partial charge < -0.3 is 10.1 Å². The molecule has 0 saturated heterocycles. The number of para-hydroxylation sites is 2. The zero-order chi connectivity index (χ0) is 19.4. The summed E-state index contributed by atoms with van der Waals surface area (Å²) >= 11 is 19.3. The first-order valence-corrected chi connectivity index (χ1v) is 9.72. The van der Waals surface area contributed by atoms with Gasteiger partial charge in [0.2, 0.25) is 5.91 Å². The molecular weight excluding hydrogens is 431 g/mol. The van der Waals surface area contributed by atoms with Crippen LogP contribution in [0.3, 0.4) is 0 Å². The zero-order valence-electron chi connectivity index (χ0n) is 13.9. The third-order valence-electron chi connectivity index (χ3n) is 3.46. The summed E-state index contributed by atoms with van der Waals surface area (Å²) in [7, 11) is 1.59. The molecule has 140 valence electrons. The molecule has 0 bridgehead atoms. The van der Waals surface area contributed by atoms with Crippen LogP contribution in [-0.2, 0) is 4.79 Å². The van der Waals surface area contributed by atoms with Crippen molar-refractivity contribution in [2.75, 3.05) is 18.2 Å². The minimum atomic E-state index is -0.291. The van der Waals surface area contributed by atoms with Crippen molar-refractivity contribution in [1.29, 1.82) is 0 Å². The van der Waals surface area contributed by atoms with Gasteiger partial charge in [-0.05, 0) is 24.3 Å². The van der Waals surface area contributed by atoms with Crippen molar-refractivity contribution in [3.63, 3.8) is 0 Å². The maximum Gasteiger partial charge on any atom is 0.234 e. The van der Waals surface area contributed by atoms with E-state index in [-0.39, 0.29) is 21.7 Å². The van der Waals surface area contributed by atoms with Crippen molar-refractivity contribution in [2.24, 2.45) is 0 Å². The molecule has 0 spiro atoms. The molecule has 0 unspecified atom stereocenters. The summed E-state index contributed by atoms with van der Waals surface area (Å²) in [6.07, 6.45) is 1.56. The van der Waals surface area contributed by atoms with Crippen molar-refractivity contribution in [2.45, 2.75) is 5.16 Å². The Morgan fingerprint density at radius 1 is 1.22 bits per heavy atom. The van der Waals surface area contributed by atoms with Gasteiger partial charge in [0, 0.05) is 5.02 Å². The van der Waals surface area contributed by atoms with Crippen LogP contribution in [0.2, 0.25) is 15.1 Å². The number of hydrogen-bond acceptors (Lipinski definition) is 5. The normalized spacial score (nSPS) is 10.7. The molecule has 0 atom stereocenters. The Labute approximate surface area is 174 Å². The molecule has 6 nitrogen and oxygen atoms in total. The SMILES string of the molecule is COc1ccccc1-n1cnnc1SCC(=O)Nc1c(Cl)cc(Cl)cc1Cl. The Balaban J connectivity index is 1.72. The van der Waals surface area contributed by atoms with E-state index in [9.17, 15) is 4.79 Å². The number of nitrogens with zero attached hydrogens (tertiary/aromatic N) is 3. The smallest absolute Gasteiger partial charge is 0.234 e. The molecule has 3 rings (SSSR count). The van der Waals surface area contributed by atoms with Crippen LogP contribution in [0.15, 0.2) is 47.9 Å². The van der Waals surface area contributed by atoms with Crippen LogP contribution in [0.25, 0.3) is 5.69 Å². The lowest BCUT2D eigenvalue weighted by Crippen LogP contribution is -2.15. The van der Waals surface area contributed by atoms with Crippen LogP contribution in [0.5, 0.6) is 5.75 Å². The predicted molar refractivity (Wildman–Crippen MR) is 109 cm³/mol. The average Bonchev–Trinajstić information content (AvgIpc) is 3.11. The van der Waals surface area contributed by atoms with E-state index in [1.807, 2.05) is 24.3 Å². The quantitative estimate of drug-likeness (QED) is 0.545. The van der Waals surface area contributed by atoms with Crippen LogP contribution in [0.1, 0.15) is 0 Å². The number of benzene rings is 2. The number of carbonyl (C=O) groups excluding carboxylic acids is 1. The van der Waals surface area contributed by atoms with Gasteiger partial charge in [0.15, 0.2) is 5.16 Å². The highest BCUT2D eigenvalue weighted by Crippen LogP contribution is 2.34. The van der Waals surface area contributed by atoms with Gasteiger partial charge in [-0.25, -0.2) is 0 Å². The molecule has 0 radical (unpaired) electrons. The first-order chi connectivity index (χ1) is 13.0. The molecule has 2 aromatic carbocycles. The number of hydrogen-bond donors (Lipinski definition) is 1. The van der Waals surface area contributed by atoms with Crippen LogP contribution >= 0.6 is 46.6 Å². The number of aromatic nitrogens is 3. The molecule has 27 heavy (non-hydrogen) atoms. The van der Waals surface area contributed by atoms with Crippen molar-refractivity contribution in [3.05, 3.63) is 57.8 Å². The van der Waals surface area contributed by atoms with Gasteiger partial charge >= 0.3 is 0 Å². The molecule has 1 amide bonds. The van der Waals surface area contributed by atoms with Crippen LogP contribution in [-0.4, -0.2) is 33.5 Å². The zero-order valence-corrected chi connectivity index (χ0v) is 17.0. The Morgan fingerprint density at radius 2 is 1.93 bits per heavy atom. The molecule has 0 aliphatic carbocycles. The summed E-state index contributed by atoms with van der Waals surface area (Å²) in [5.74, 6) is 0.465. The minimum absolute atomic E-state index is 0.0864. The van der Waals surface area contributed by atoms with E-state index >= 15 is 0 Å². The number of thioether (sulfide) groups is 1. The maximum absolute atomic E-state index is 12.3. The van der Waals surface area contributed by atoms with Gasteiger partial charge in [-0.2, -0.15) is 0 Å². The first-order valence-electron chi connectivity index (χ1n) is 7.60. The Hall–Kier alpha value is -1.93. The predicted octanol–water partition coefficient (Wildman–Crippen LogP) is 4.97. The molecule has 3 aromatic rings. The summed E-state index contributed by atoms with van der Waals surface area (Å²) in [6, 6.07) is 10.5. The van der Waals surface area contributed by atoms with Gasteiger partial charge in [0.1, 0.15) is 12.1 Å². The van der Waals surface area contributed by atoms with E-state index in [0.717, 1.165) is 5.69 Å². The summed E-state index contributed by atoms with van der Waals surface area (Å²) < 4.78 is 7.11. The van der Waals surface area contributed by atoms with E-state index in [1.165, 1.54) is 23.9 Å². The summed E-state index contributed by atoms with van der Waals surface area (Å²) in [5.41, 5.74) is 1.09. The molecule has 1 N–H and O–H groups in total. The third-order valence-corrected chi connectivity index (χ3v) is 5.22. The fraction of sp³-hybridized carbons (Fsp3) is 0.118. The molecule has 0 saturated carbocycles. The average molecular weight is 444 g/mol. The van der Waals surface area contributed by atoms with Crippen LogP contribution < -0.4 is 10.1 Å². The lowest BCUT2D eigenvalue weighted by atomic mass is 10.3. The second kappa shape index (κ2) is 8.84. The second-order valence-corrected chi connectivity index (χ2v) is 7.43. The molecule has 0 aliphatic rings. The van der Waals surface area contributed by atoms with E-state index in [0.29, 0.717) is 21.6 Å². The number of carbonyl (C=O) groups is 1. The van der Waals surface area contributed by atoms with Crippen molar-refractivity contribution in [3.8, 4) is 11.4 Å². The number of anilines is 1. The molecule has 1 aromatic heterocycles. The van der Waals surface area contributed by atoms with Gasteiger partial charge in [-0.1, -0.05) is 58.7 Å². The van der Waals surface area contributed by atoms with Gasteiger partial charge in [-0.15, -0.1) is 10.2 Å². The Bertz CT molecular complexity index is 957. The second-order valence-electron chi connectivity index (χ2n) is 5.24. The number of ether oxygens (including phenoxy) is 1. The van der Waals surface area contributed by atoms with Crippen molar-refractivity contribution >= 4 is 58.2 Å². The largest absolute Gasteiger partial charge is 0.495 e. The summed E-state index contributed by atoms with van der Waals surface area (Å²) in [4.78, 5) is 12.3. The van der Waals surface area contributed by atoms with E-state index in [2.05, 4.69) is 15.5 Å². The lowest BCUT2D eigenvalue weighted by Gasteiger charge is -2.11. The third kappa shape index (κ3) is 4.68. The number of rotatable bonds is 6. The number of amides is 1. The van der Waals surface area contributed by atoms with E-state index < -0.39 is 0 Å². The van der Waals surface area contributed by atoms with Gasteiger partial charge in [-0.3, -0.25) is 9.36 Å². The Kier molecular flexibility index (Phi) is 6.49. The van der Waals surface area contributed by atoms with E-state index in [1.54, 1.807) is 18.0 Å². The molecule has 1 heterocycles. The molecule has 10 heteroatoms. The topological polar surface area (TPSA) is 69.0 Å². The van der Waals surface area contributed by atoms with Crippen molar-refractivity contribution < 1.29 is 9.53 Å². The van der Waals surface area contributed by atoms with Crippen LogP contribution in [0, 0.1) is 0 Å². The number of methoxy groups -OCH3 is 1. The highest BCUT2D eigenvalue weighted by atomic mass is 35.5. The molecule has 0 fully saturated rings. The maximum atomic E-state index is 12.3. The highest BCUT2D eigenvalue weighted by molar-refractivity contribution is 7.99. The standard InChI is InChI=1S/C17H13Cl3N4O2S/c1-26-14-5-3-2-4-13(14)24-9-21-23-17(24)27-8-15(25)22-16-11(19)6-10(18)7-12(16)20/h2-7,9H,8H2,1H3,(H,22,25). The fourth-order valence-corrected chi connectivity index (χ4v) is 3.92. The lowest BCUT2D eigenvalue weighted by molar-refractivity contribution is -0.113.